The summed E-state index contributed by atoms with van der Waals surface area (Å²) in [6, 6.07) is 0.248. The Balaban J connectivity index is 1.24. The van der Waals surface area contributed by atoms with Gasteiger partial charge in [0, 0.05) is 57.1 Å². The lowest BCUT2D eigenvalue weighted by Gasteiger charge is -2.37. The lowest BCUT2D eigenvalue weighted by atomic mass is 10.0. The molecule has 3 heterocycles. The highest BCUT2D eigenvalue weighted by molar-refractivity contribution is 7.91. The van der Waals surface area contributed by atoms with Crippen LogP contribution in [0.4, 0.5) is 0 Å². The lowest BCUT2D eigenvalue weighted by Crippen LogP contribution is -2.50. The first-order chi connectivity index (χ1) is 12.1. The summed E-state index contributed by atoms with van der Waals surface area (Å²) in [6.45, 7) is 4.89. The van der Waals surface area contributed by atoms with Gasteiger partial charge >= 0.3 is 0 Å². The molecule has 2 aliphatic heterocycles. The third-order valence-corrected chi connectivity index (χ3v) is 7.91. The van der Waals surface area contributed by atoms with Crippen molar-refractivity contribution in [3.63, 3.8) is 0 Å². The Morgan fingerprint density at radius 3 is 2.56 bits per heavy atom. The Bertz CT molecular complexity index is 673. The number of nitrogens with one attached hydrogen (secondary N) is 1. The fourth-order valence-corrected chi connectivity index (χ4v) is 6.43. The van der Waals surface area contributed by atoms with Gasteiger partial charge in [-0.25, -0.2) is 13.4 Å². The predicted octanol–water partition coefficient (Wildman–Crippen LogP) is 1.45. The summed E-state index contributed by atoms with van der Waals surface area (Å²) in [5.41, 5.74) is 1.21. The van der Waals surface area contributed by atoms with Crippen LogP contribution in [-0.4, -0.2) is 71.9 Å². The van der Waals surface area contributed by atoms with E-state index in [2.05, 4.69) is 19.8 Å². The third-order valence-electron chi connectivity index (χ3n) is 6.16. The summed E-state index contributed by atoms with van der Waals surface area (Å²) in [4.78, 5) is 12.9. The Labute approximate surface area is 150 Å². The molecule has 3 aliphatic rings. The molecule has 25 heavy (non-hydrogen) atoms. The van der Waals surface area contributed by atoms with Crippen molar-refractivity contribution in [2.45, 2.75) is 51.1 Å². The molecule has 0 radical (unpaired) electrons. The molecule has 1 aliphatic carbocycles. The van der Waals surface area contributed by atoms with E-state index in [0.717, 1.165) is 57.3 Å². The number of aromatic nitrogens is 2. The molecule has 1 aromatic heterocycles. The molecule has 0 aromatic carbocycles. The highest BCUT2D eigenvalue weighted by atomic mass is 32.2. The summed E-state index contributed by atoms with van der Waals surface area (Å²) < 4.78 is 23.3. The lowest BCUT2D eigenvalue weighted by molar-refractivity contribution is 0.0993. The molecule has 1 unspecified atom stereocenters. The van der Waals surface area contributed by atoms with Gasteiger partial charge in [0.2, 0.25) is 0 Å². The van der Waals surface area contributed by atoms with Crippen molar-refractivity contribution in [1.82, 2.24) is 19.8 Å². The molecule has 0 spiro atoms. The van der Waals surface area contributed by atoms with Crippen LogP contribution >= 0.6 is 0 Å². The van der Waals surface area contributed by atoms with Gasteiger partial charge in [-0.2, -0.15) is 0 Å². The van der Waals surface area contributed by atoms with E-state index in [1.165, 1.54) is 31.4 Å². The number of hydrogen-bond acceptors (Lipinski definition) is 5. The van der Waals surface area contributed by atoms with Gasteiger partial charge in [-0.3, -0.25) is 9.80 Å². The minimum atomic E-state index is -2.78. The summed E-state index contributed by atoms with van der Waals surface area (Å²) in [6.07, 6.45) is 9.39. The van der Waals surface area contributed by atoms with Crippen molar-refractivity contribution in [3.05, 3.63) is 17.7 Å². The fourth-order valence-electron chi connectivity index (χ4n) is 4.67. The molecular formula is C18H30N4O2S. The van der Waals surface area contributed by atoms with Crippen molar-refractivity contribution in [2.24, 2.45) is 5.92 Å². The Morgan fingerprint density at radius 1 is 1.12 bits per heavy atom. The topological polar surface area (TPSA) is 69.3 Å². The molecule has 1 N–H and O–H groups in total. The zero-order valence-electron chi connectivity index (χ0n) is 15.0. The zero-order valence-corrected chi connectivity index (χ0v) is 15.8. The average molecular weight is 367 g/mol. The van der Waals surface area contributed by atoms with Gasteiger partial charge in [-0.15, -0.1) is 0 Å². The van der Waals surface area contributed by atoms with Crippen LogP contribution in [-0.2, 0) is 22.8 Å². The molecule has 1 saturated carbocycles. The standard InChI is InChI=1S/C18H30N4O2S/c23-25(24)10-5-17(14-25)22-8-6-21(7-9-22)13-16-12-19-18(20-16)11-15-3-1-2-4-15/h12,15,17H,1-11,13-14H2,(H,19,20). The second-order valence-electron chi connectivity index (χ2n) is 8.08. The largest absolute Gasteiger partial charge is 0.345 e. The zero-order chi connectivity index (χ0) is 17.3. The van der Waals surface area contributed by atoms with Gasteiger partial charge in [-0.05, 0) is 12.3 Å². The van der Waals surface area contributed by atoms with Crippen LogP contribution in [0.25, 0.3) is 0 Å². The second kappa shape index (κ2) is 7.37. The first-order valence-electron chi connectivity index (χ1n) is 9.77. The minimum Gasteiger partial charge on any atom is -0.345 e. The maximum atomic E-state index is 11.7. The number of aromatic amines is 1. The number of rotatable bonds is 5. The third kappa shape index (κ3) is 4.44. The number of hydrogen-bond donors (Lipinski definition) is 1. The van der Waals surface area contributed by atoms with Gasteiger partial charge in [0.1, 0.15) is 5.82 Å². The molecule has 0 amide bonds. The highest BCUT2D eigenvalue weighted by Crippen LogP contribution is 2.27. The number of piperazine rings is 1. The molecule has 2 saturated heterocycles. The quantitative estimate of drug-likeness (QED) is 0.854. The van der Waals surface area contributed by atoms with Gasteiger partial charge in [0.25, 0.3) is 0 Å². The molecule has 4 rings (SSSR count). The van der Waals surface area contributed by atoms with E-state index in [1.54, 1.807) is 0 Å². The number of imidazole rings is 1. The molecule has 3 fully saturated rings. The van der Waals surface area contributed by atoms with Gasteiger partial charge in [0.05, 0.1) is 11.5 Å². The van der Waals surface area contributed by atoms with E-state index in [1.807, 2.05) is 6.20 Å². The SMILES string of the molecule is O=S1(=O)CCC(N2CCN(Cc3cnc(CC4CCCC4)[nH]3)CC2)C1. The van der Waals surface area contributed by atoms with Gasteiger partial charge in [0.15, 0.2) is 9.84 Å². The first-order valence-corrected chi connectivity index (χ1v) is 11.6. The number of H-pyrrole nitrogens is 1. The summed E-state index contributed by atoms with van der Waals surface area (Å²) >= 11 is 0. The number of sulfone groups is 1. The van der Waals surface area contributed by atoms with Crippen LogP contribution in [0.15, 0.2) is 6.20 Å². The van der Waals surface area contributed by atoms with Crippen LogP contribution in [0.5, 0.6) is 0 Å². The monoisotopic (exact) mass is 366 g/mol. The first kappa shape index (κ1) is 17.5. The predicted molar refractivity (Wildman–Crippen MR) is 98.2 cm³/mol. The molecule has 0 bridgehead atoms. The summed E-state index contributed by atoms with van der Waals surface area (Å²) in [5.74, 6) is 2.70. The Morgan fingerprint density at radius 2 is 1.88 bits per heavy atom. The van der Waals surface area contributed by atoms with E-state index < -0.39 is 9.84 Å². The molecule has 6 nitrogen and oxygen atoms in total. The van der Waals surface area contributed by atoms with E-state index in [9.17, 15) is 8.42 Å². The van der Waals surface area contributed by atoms with Crippen LogP contribution in [0.2, 0.25) is 0 Å². The van der Waals surface area contributed by atoms with Crippen molar-refractivity contribution >= 4 is 9.84 Å². The van der Waals surface area contributed by atoms with E-state index >= 15 is 0 Å². The van der Waals surface area contributed by atoms with Gasteiger partial charge < -0.3 is 4.98 Å². The van der Waals surface area contributed by atoms with E-state index in [4.69, 9.17) is 0 Å². The second-order valence-corrected chi connectivity index (χ2v) is 10.3. The highest BCUT2D eigenvalue weighted by Gasteiger charge is 2.33. The molecule has 1 aromatic rings. The van der Waals surface area contributed by atoms with Crippen LogP contribution in [0.3, 0.4) is 0 Å². The molecular weight excluding hydrogens is 336 g/mol. The van der Waals surface area contributed by atoms with Gasteiger partial charge in [-0.1, -0.05) is 25.7 Å². The van der Waals surface area contributed by atoms with E-state index in [0.29, 0.717) is 11.5 Å². The van der Waals surface area contributed by atoms with E-state index in [-0.39, 0.29) is 6.04 Å². The maximum Gasteiger partial charge on any atom is 0.151 e. The average Bonchev–Trinajstić information content (AvgIpc) is 3.31. The van der Waals surface area contributed by atoms with Crippen molar-refractivity contribution in [1.29, 1.82) is 0 Å². The van der Waals surface area contributed by atoms with Crippen LogP contribution in [0.1, 0.15) is 43.6 Å². The molecule has 7 heteroatoms. The molecule has 1 atom stereocenters. The van der Waals surface area contributed by atoms with Crippen LogP contribution in [0, 0.1) is 5.92 Å². The smallest absolute Gasteiger partial charge is 0.151 e. The fraction of sp³-hybridized carbons (Fsp3) is 0.833. The number of nitrogens with zero attached hydrogens (tertiary/aromatic N) is 3. The Hall–Kier alpha value is -0.920. The molecule has 140 valence electrons. The maximum absolute atomic E-state index is 11.7. The van der Waals surface area contributed by atoms with Crippen molar-refractivity contribution < 1.29 is 8.42 Å². The summed E-state index contributed by atoms with van der Waals surface area (Å²) in [7, 11) is -2.78. The van der Waals surface area contributed by atoms with Crippen molar-refractivity contribution in [2.75, 3.05) is 37.7 Å². The minimum absolute atomic E-state index is 0.248. The van der Waals surface area contributed by atoms with Crippen molar-refractivity contribution in [3.8, 4) is 0 Å². The summed E-state index contributed by atoms with van der Waals surface area (Å²) in [5, 5.41) is 0. The Kier molecular flexibility index (Phi) is 5.15. The van der Waals surface area contributed by atoms with Crippen LogP contribution < -0.4 is 0 Å². The normalized spacial score (nSPS) is 28.7.